The molecule has 2 aliphatic carbocycles. The number of nitrogens with zero attached hydrogens (tertiary/aromatic N) is 4. The van der Waals surface area contributed by atoms with Crippen molar-refractivity contribution in [1.82, 2.24) is 19.5 Å². The van der Waals surface area contributed by atoms with Crippen LogP contribution in [0.15, 0.2) is 24.5 Å². The van der Waals surface area contributed by atoms with Gasteiger partial charge in [0, 0.05) is 23.1 Å². The maximum Gasteiger partial charge on any atom is 0.227 e. The molecule has 0 unspecified atom stereocenters. The summed E-state index contributed by atoms with van der Waals surface area (Å²) >= 11 is 12.3. The second-order valence-electron chi connectivity index (χ2n) is 8.79. The zero-order valence-corrected chi connectivity index (χ0v) is 19.3. The fourth-order valence-electron chi connectivity index (χ4n) is 4.68. The molecule has 10 heteroatoms. The molecule has 0 radical (unpaired) electrons. The molecule has 2 heterocycles. The van der Waals surface area contributed by atoms with Crippen molar-refractivity contribution in [3.63, 3.8) is 0 Å². The van der Waals surface area contributed by atoms with Crippen molar-refractivity contribution in [3.05, 3.63) is 34.6 Å². The largest absolute Gasteiger partial charge is 0.351 e. The Morgan fingerprint density at radius 2 is 1.75 bits per heavy atom. The standard InChI is InChI=1S/C22H28Cl2N8/c23-13-5-10-18(17(24)11-13)30-31-20-19-21(32(12-26-19)16-3-1-2-4-16)29-22(28-20)27-15-8-6-14(25)7-9-15/h5,10-12,14-16,30H,1-4,6-9,25H2,(H2,27,28,29,31). The van der Waals surface area contributed by atoms with Crippen molar-refractivity contribution in [1.29, 1.82) is 0 Å². The third kappa shape index (κ3) is 4.58. The van der Waals surface area contributed by atoms with E-state index >= 15 is 0 Å². The van der Waals surface area contributed by atoms with Crippen LogP contribution in [0.1, 0.15) is 57.4 Å². The lowest BCUT2D eigenvalue weighted by molar-refractivity contribution is 0.410. The number of hydrogen-bond donors (Lipinski definition) is 4. The average molecular weight is 475 g/mol. The van der Waals surface area contributed by atoms with Crippen LogP contribution >= 0.6 is 23.2 Å². The molecule has 32 heavy (non-hydrogen) atoms. The minimum Gasteiger partial charge on any atom is -0.351 e. The van der Waals surface area contributed by atoms with Gasteiger partial charge >= 0.3 is 0 Å². The predicted molar refractivity (Wildman–Crippen MR) is 130 cm³/mol. The zero-order valence-electron chi connectivity index (χ0n) is 17.8. The summed E-state index contributed by atoms with van der Waals surface area (Å²) in [6, 6.07) is 6.34. The molecule has 0 atom stereocenters. The van der Waals surface area contributed by atoms with E-state index in [-0.39, 0.29) is 0 Å². The Kier molecular flexibility index (Phi) is 6.26. The number of aromatic nitrogens is 4. The van der Waals surface area contributed by atoms with E-state index in [4.69, 9.17) is 38.9 Å². The van der Waals surface area contributed by atoms with Gasteiger partial charge in [0.2, 0.25) is 5.95 Å². The van der Waals surface area contributed by atoms with Crippen molar-refractivity contribution >= 4 is 51.8 Å². The van der Waals surface area contributed by atoms with Crippen molar-refractivity contribution in [2.45, 2.75) is 69.5 Å². The first-order chi connectivity index (χ1) is 15.6. The summed E-state index contributed by atoms with van der Waals surface area (Å²) in [4.78, 5) is 14.3. The van der Waals surface area contributed by atoms with Crippen LogP contribution in [0.5, 0.6) is 0 Å². The summed E-state index contributed by atoms with van der Waals surface area (Å²) in [5.74, 6) is 1.21. The SMILES string of the molecule is NC1CCC(Nc2nc(NNc3ccc(Cl)cc3Cl)c3ncn(C4CCCC4)c3n2)CC1. The van der Waals surface area contributed by atoms with E-state index in [2.05, 4.69) is 25.7 Å². The minimum atomic E-state index is 0.297. The summed E-state index contributed by atoms with van der Waals surface area (Å²) in [7, 11) is 0. The lowest BCUT2D eigenvalue weighted by atomic mass is 9.92. The first-order valence-corrected chi connectivity index (χ1v) is 12.1. The Hall–Kier alpha value is -2.29. The Bertz CT molecular complexity index is 1090. The second kappa shape index (κ2) is 9.29. The maximum absolute atomic E-state index is 6.31. The smallest absolute Gasteiger partial charge is 0.227 e. The van der Waals surface area contributed by atoms with Crippen molar-refractivity contribution in [2.75, 3.05) is 16.2 Å². The van der Waals surface area contributed by atoms with Crippen molar-refractivity contribution < 1.29 is 0 Å². The monoisotopic (exact) mass is 474 g/mol. The van der Waals surface area contributed by atoms with Crippen molar-refractivity contribution in [3.8, 4) is 0 Å². The lowest BCUT2D eigenvalue weighted by Crippen LogP contribution is -2.33. The van der Waals surface area contributed by atoms with Gasteiger partial charge in [-0.1, -0.05) is 36.0 Å². The highest BCUT2D eigenvalue weighted by molar-refractivity contribution is 6.36. The molecule has 2 aromatic heterocycles. The fourth-order valence-corrected chi connectivity index (χ4v) is 5.14. The van der Waals surface area contributed by atoms with Crippen molar-refractivity contribution in [2.24, 2.45) is 5.73 Å². The van der Waals surface area contributed by atoms with Gasteiger partial charge in [0.25, 0.3) is 0 Å². The molecule has 0 amide bonds. The molecule has 3 aromatic rings. The van der Waals surface area contributed by atoms with Gasteiger partial charge in [-0.2, -0.15) is 9.97 Å². The molecular weight excluding hydrogens is 447 g/mol. The highest BCUT2D eigenvalue weighted by atomic mass is 35.5. The van der Waals surface area contributed by atoms with Gasteiger partial charge in [0.15, 0.2) is 17.0 Å². The van der Waals surface area contributed by atoms with Gasteiger partial charge in [-0.15, -0.1) is 0 Å². The summed E-state index contributed by atoms with van der Waals surface area (Å²) < 4.78 is 2.20. The summed E-state index contributed by atoms with van der Waals surface area (Å²) in [6.07, 6.45) is 10.7. The van der Waals surface area contributed by atoms with Crippen LogP contribution in [0.3, 0.4) is 0 Å². The predicted octanol–water partition coefficient (Wildman–Crippen LogP) is 5.37. The summed E-state index contributed by atoms with van der Waals surface area (Å²) in [6.45, 7) is 0. The van der Waals surface area contributed by atoms with Gasteiger partial charge in [-0.25, -0.2) is 4.98 Å². The summed E-state index contributed by atoms with van der Waals surface area (Å²) in [5, 5.41) is 4.63. The number of halogens is 2. The fraction of sp³-hybridized carbons (Fsp3) is 0.500. The molecule has 2 fully saturated rings. The molecule has 0 spiro atoms. The first kappa shape index (κ1) is 21.6. The average Bonchev–Trinajstić information content (AvgIpc) is 3.44. The molecule has 5 rings (SSSR count). The van der Waals surface area contributed by atoms with Crippen LogP contribution in [0.2, 0.25) is 10.0 Å². The van der Waals surface area contributed by atoms with Gasteiger partial charge in [0.05, 0.1) is 17.0 Å². The number of nitrogens with one attached hydrogen (secondary N) is 3. The molecular formula is C22H28Cl2N8. The van der Waals surface area contributed by atoms with E-state index in [9.17, 15) is 0 Å². The third-order valence-corrected chi connectivity index (χ3v) is 7.04. The van der Waals surface area contributed by atoms with Crippen LogP contribution in [0.4, 0.5) is 17.5 Å². The van der Waals surface area contributed by atoms with Crippen LogP contribution < -0.4 is 21.9 Å². The third-order valence-electron chi connectivity index (χ3n) is 6.49. The van der Waals surface area contributed by atoms with Crippen LogP contribution in [-0.2, 0) is 0 Å². The Morgan fingerprint density at radius 3 is 2.50 bits per heavy atom. The van der Waals surface area contributed by atoms with Gasteiger partial charge in [-0.05, 0) is 56.7 Å². The van der Waals surface area contributed by atoms with E-state index in [1.54, 1.807) is 12.1 Å². The van der Waals surface area contributed by atoms with Crippen LogP contribution in [-0.4, -0.2) is 31.6 Å². The molecule has 0 saturated heterocycles. The Labute approximate surface area is 197 Å². The normalized spacial score (nSPS) is 21.7. The molecule has 0 bridgehead atoms. The molecule has 2 saturated carbocycles. The molecule has 8 nitrogen and oxygen atoms in total. The van der Waals surface area contributed by atoms with E-state index in [0.717, 1.165) is 49.7 Å². The van der Waals surface area contributed by atoms with Crippen LogP contribution in [0, 0.1) is 0 Å². The molecule has 170 valence electrons. The minimum absolute atomic E-state index is 0.297. The number of fused-ring (bicyclic) bond motifs is 1. The van der Waals surface area contributed by atoms with E-state index in [1.165, 1.54) is 12.8 Å². The Morgan fingerprint density at radius 1 is 0.969 bits per heavy atom. The highest BCUT2D eigenvalue weighted by Gasteiger charge is 2.24. The van der Waals surface area contributed by atoms with Crippen LogP contribution in [0.25, 0.3) is 11.2 Å². The Balaban J connectivity index is 1.45. The second-order valence-corrected chi connectivity index (χ2v) is 9.63. The van der Waals surface area contributed by atoms with Gasteiger partial charge < -0.3 is 15.6 Å². The number of imidazole rings is 1. The highest BCUT2D eigenvalue weighted by Crippen LogP contribution is 2.33. The quantitative estimate of drug-likeness (QED) is 0.355. The number of benzene rings is 1. The lowest BCUT2D eigenvalue weighted by Gasteiger charge is -2.27. The first-order valence-electron chi connectivity index (χ1n) is 11.3. The molecule has 0 aliphatic heterocycles. The topological polar surface area (TPSA) is 106 Å². The van der Waals surface area contributed by atoms with Gasteiger partial charge in [0.1, 0.15) is 0 Å². The zero-order chi connectivity index (χ0) is 22.1. The number of nitrogens with two attached hydrogens (primary N) is 1. The maximum atomic E-state index is 6.31. The summed E-state index contributed by atoms with van der Waals surface area (Å²) in [5.41, 5.74) is 14.7. The van der Waals surface area contributed by atoms with E-state index in [0.29, 0.717) is 45.6 Å². The molecule has 2 aliphatic rings. The van der Waals surface area contributed by atoms with Gasteiger partial charge in [-0.3, -0.25) is 10.9 Å². The molecule has 5 N–H and O–H groups in total. The van der Waals surface area contributed by atoms with E-state index < -0.39 is 0 Å². The number of hydrazine groups is 1. The molecule has 1 aromatic carbocycles. The number of rotatable bonds is 6. The number of anilines is 3. The van der Waals surface area contributed by atoms with E-state index in [1.807, 2.05) is 12.4 Å². The number of hydrogen-bond acceptors (Lipinski definition) is 7.